The summed E-state index contributed by atoms with van der Waals surface area (Å²) < 4.78 is 0. The van der Waals surface area contributed by atoms with E-state index in [0.29, 0.717) is 0 Å². The van der Waals surface area contributed by atoms with Gasteiger partial charge in [0.2, 0.25) is 0 Å². The lowest BCUT2D eigenvalue weighted by Gasteiger charge is -2.49. The Balaban J connectivity index is 2.17. The summed E-state index contributed by atoms with van der Waals surface area (Å²) in [5.41, 5.74) is 8.64. The van der Waals surface area contributed by atoms with E-state index < -0.39 is 0 Å². The molecule has 0 bridgehead atoms. The zero-order valence-electron chi connectivity index (χ0n) is 13.2. The summed E-state index contributed by atoms with van der Waals surface area (Å²) in [5, 5.41) is 0. The first-order chi connectivity index (χ1) is 9.62. The molecule has 112 valence electrons. The second kappa shape index (κ2) is 6.68. The van der Waals surface area contributed by atoms with E-state index in [0.717, 1.165) is 30.4 Å². The van der Waals surface area contributed by atoms with Gasteiger partial charge in [-0.3, -0.25) is 9.88 Å². The second-order valence-corrected chi connectivity index (χ2v) is 6.29. The van der Waals surface area contributed by atoms with E-state index in [1.165, 1.54) is 32.1 Å². The van der Waals surface area contributed by atoms with E-state index in [1.807, 2.05) is 0 Å². The number of hydrogen-bond donors (Lipinski definition) is 1. The molecule has 3 nitrogen and oxygen atoms in total. The molecule has 1 aromatic rings. The normalized spacial score (nSPS) is 26.9. The van der Waals surface area contributed by atoms with Crippen molar-refractivity contribution in [1.29, 1.82) is 0 Å². The fraction of sp³-hybridized carbons (Fsp3) is 0.706. The summed E-state index contributed by atoms with van der Waals surface area (Å²) in [6.45, 7) is 6.01. The maximum absolute atomic E-state index is 6.23. The smallest absolute Gasteiger partial charge is 0.0547 e. The lowest BCUT2D eigenvalue weighted by molar-refractivity contribution is 0.0169. The van der Waals surface area contributed by atoms with Crippen LogP contribution >= 0.6 is 0 Å². The average molecular weight is 275 g/mol. The molecule has 1 fully saturated rings. The fourth-order valence-electron chi connectivity index (χ4n) is 3.89. The standard InChI is InChI=1S/C17H29N3/c1-4-15-9-5-6-11-17(15,13-18)20(3)12-16-10-7-8-14(2)19-16/h7-8,10,15H,4-6,9,11-13,18H2,1-3H3. The first-order valence-electron chi connectivity index (χ1n) is 7.96. The number of aromatic nitrogens is 1. The Bertz CT molecular complexity index is 432. The van der Waals surface area contributed by atoms with Gasteiger partial charge in [0.05, 0.1) is 5.69 Å². The summed E-state index contributed by atoms with van der Waals surface area (Å²) >= 11 is 0. The van der Waals surface area contributed by atoms with Gasteiger partial charge in [-0.1, -0.05) is 32.3 Å². The van der Waals surface area contributed by atoms with E-state index in [-0.39, 0.29) is 5.54 Å². The van der Waals surface area contributed by atoms with Crippen LogP contribution in [0.4, 0.5) is 0 Å². The third-order valence-electron chi connectivity index (χ3n) is 5.12. The van der Waals surface area contributed by atoms with Crippen LogP contribution in [0.1, 0.15) is 50.4 Å². The minimum atomic E-state index is 0.165. The Morgan fingerprint density at radius 1 is 1.40 bits per heavy atom. The highest BCUT2D eigenvalue weighted by Gasteiger charge is 2.41. The van der Waals surface area contributed by atoms with Crippen molar-refractivity contribution in [2.45, 2.75) is 58.0 Å². The summed E-state index contributed by atoms with van der Waals surface area (Å²) in [5.74, 6) is 0.719. The summed E-state index contributed by atoms with van der Waals surface area (Å²) in [4.78, 5) is 7.12. The molecule has 20 heavy (non-hydrogen) atoms. The maximum atomic E-state index is 6.23. The van der Waals surface area contributed by atoms with Crippen LogP contribution < -0.4 is 5.73 Å². The molecular weight excluding hydrogens is 246 g/mol. The van der Waals surface area contributed by atoms with Gasteiger partial charge in [0, 0.05) is 24.3 Å². The van der Waals surface area contributed by atoms with Gasteiger partial charge >= 0.3 is 0 Å². The molecular formula is C17H29N3. The van der Waals surface area contributed by atoms with Crippen LogP contribution in [0.25, 0.3) is 0 Å². The molecule has 0 saturated heterocycles. The summed E-state index contributed by atoms with van der Waals surface area (Å²) in [6, 6.07) is 6.27. The molecule has 0 spiro atoms. The monoisotopic (exact) mass is 275 g/mol. The summed E-state index contributed by atoms with van der Waals surface area (Å²) in [7, 11) is 2.23. The van der Waals surface area contributed by atoms with E-state index in [4.69, 9.17) is 5.73 Å². The Morgan fingerprint density at radius 3 is 2.85 bits per heavy atom. The van der Waals surface area contributed by atoms with Gasteiger partial charge in [0.1, 0.15) is 0 Å². The van der Waals surface area contributed by atoms with Gasteiger partial charge in [-0.25, -0.2) is 0 Å². The number of likely N-dealkylation sites (N-methyl/N-ethyl adjacent to an activating group) is 1. The molecule has 2 N–H and O–H groups in total. The number of nitrogens with zero attached hydrogens (tertiary/aromatic N) is 2. The molecule has 2 rings (SSSR count). The third-order valence-corrected chi connectivity index (χ3v) is 5.12. The molecule has 0 aliphatic heterocycles. The predicted molar refractivity (Wildman–Crippen MR) is 84.5 cm³/mol. The molecule has 1 aliphatic carbocycles. The van der Waals surface area contributed by atoms with Crippen molar-refractivity contribution in [3.63, 3.8) is 0 Å². The highest BCUT2D eigenvalue weighted by molar-refractivity contribution is 5.11. The summed E-state index contributed by atoms with van der Waals surface area (Å²) in [6.07, 6.45) is 6.43. The Kier molecular flexibility index (Phi) is 5.17. The topological polar surface area (TPSA) is 42.1 Å². The van der Waals surface area contributed by atoms with Gasteiger partial charge in [0.25, 0.3) is 0 Å². The highest BCUT2D eigenvalue weighted by atomic mass is 15.2. The van der Waals surface area contributed by atoms with Crippen molar-refractivity contribution in [1.82, 2.24) is 9.88 Å². The van der Waals surface area contributed by atoms with Gasteiger partial charge < -0.3 is 5.73 Å². The van der Waals surface area contributed by atoms with Crippen LogP contribution in [-0.4, -0.2) is 29.0 Å². The second-order valence-electron chi connectivity index (χ2n) is 6.29. The predicted octanol–water partition coefficient (Wildman–Crippen LogP) is 3.12. The van der Waals surface area contributed by atoms with E-state index in [2.05, 4.69) is 49.0 Å². The maximum Gasteiger partial charge on any atom is 0.0547 e. The number of nitrogens with two attached hydrogens (primary N) is 1. The average Bonchev–Trinajstić information content (AvgIpc) is 2.46. The molecule has 0 amide bonds. The SMILES string of the molecule is CCC1CCCCC1(CN)N(C)Cc1cccc(C)n1. The van der Waals surface area contributed by atoms with E-state index >= 15 is 0 Å². The minimum absolute atomic E-state index is 0.165. The third kappa shape index (κ3) is 3.04. The van der Waals surface area contributed by atoms with Crippen molar-refractivity contribution in [3.05, 3.63) is 29.6 Å². The number of hydrogen-bond acceptors (Lipinski definition) is 3. The molecule has 1 aliphatic rings. The first-order valence-corrected chi connectivity index (χ1v) is 7.96. The molecule has 2 unspecified atom stereocenters. The zero-order chi connectivity index (χ0) is 14.6. The Hall–Kier alpha value is -0.930. The largest absolute Gasteiger partial charge is 0.329 e. The van der Waals surface area contributed by atoms with Crippen LogP contribution in [-0.2, 0) is 6.54 Å². The Labute approximate surface area is 123 Å². The van der Waals surface area contributed by atoms with Crippen LogP contribution in [0, 0.1) is 12.8 Å². The molecule has 2 atom stereocenters. The number of rotatable bonds is 5. The number of aryl methyl sites for hydroxylation is 1. The molecule has 0 radical (unpaired) electrons. The quantitative estimate of drug-likeness (QED) is 0.897. The van der Waals surface area contributed by atoms with Crippen LogP contribution in [0.3, 0.4) is 0 Å². The van der Waals surface area contributed by atoms with Crippen LogP contribution in [0.5, 0.6) is 0 Å². The lowest BCUT2D eigenvalue weighted by atomic mass is 9.70. The van der Waals surface area contributed by atoms with Crippen molar-refractivity contribution in [2.75, 3.05) is 13.6 Å². The van der Waals surface area contributed by atoms with E-state index in [1.54, 1.807) is 0 Å². The van der Waals surface area contributed by atoms with E-state index in [9.17, 15) is 0 Å². The lowest BCUT2D eigenvalue weighted by Crippen LogP contribution is -2.58. The highest BCUT2D eigenvalue weighted by Crippen LogP contribution is 2.39. The molecule has 1 heterocycles. The van der Waals surface area contributed by atoms with Crippen molar-refractivity contribution in [2.24, 2.45) is 11.7 Å². The fourth-order valence-corrected chi connectivity index (χ4v) is 3.89. The van der Waals surface area contributed by atoms with Gasteiger partial charge in [-0.05, 0) is 44.9 Å². The number of pyridine rings is 1. The first kappa shape index (κ1) is 15.5. The molecule has 0 aromatic carbocycles. The zero-order valence-corrected chi connectivity index (χ0v) is 13.2. The molecule has 1 saturated carbocycles. The van der Waals surface area contributed by atoms with Crippen molar-refractivity contribution in [3.8, 4) is 0 Å². The van der Waals surface area contributed by atoms with Crippen LogP contribution in [0.2, 0.25) is 0 Å². The van der Waals surface area contributed by atoms with Gasteiger partial charge in [0.15, 0.2) is 0 Å². The minimum Gasteiger partial charge on any atom is -0.329 e. The van der Waals surface area contributed by atoms with Crippen molar-refractivity contribution >= 4 is 0 Å². The molecule has 3 heteroatoms. The van der Waals surface area contributed by atoms with Crippen molar-refractivity contribution < 1.29 is 0 Å². The molecule has 1 aromatic heterocycles. The van der Waals surface area contributed by atoms with Gasteiger partial charge in [-0.2, -0.15) is 0 Å². The Morgan fingerprint density at radius 2 is 2.20 bits per heavy atom. The van der Waals surface area contributed by atoms with Crippen LogP contribution in [0.15, 0.2) is 18.2 Å². The van der Waals surface area contributed by atoms with Gasteiger partial charge in [-0.15, -0.1) is 0 Å².